The summed E-state index contributed by atoms with van der Waals surface area (Å²) in [4.78, 5) is 43.2. The van der Waals surface area contributed by atoms with Crippen molar-refractivity contribution in [3.8, 4) is 0 Å². The zero-order chi connectivity index (χ0) is 22.0. The lowest BCUT2D eigenvalue weighted by Gasteiger charge is -2.39. The lowest BCUT2D eigenvalue weighted by Crippen LogP contribution is -2.58. The van der Waals surface area contributed by atoms with Gasteiger partial charge in [-0.25, -0.2) is 4.79 Å². The molecular weight excluding hydrogens is 416 g/mol. The van der Waals surface area contributed by atoms with E-state index in [2.05, 4.69) is 5.32 Å². The highest BCUT2D eigenvalue weighted by Gasteiger charge is 2.45. The first kappa shape index (κ1) is 21.9. The van der Waals surface area contributed by atoms with Crippen LogP contribution in [0.2, 0.25) is 5.02 Å². The molecule has 1 N–H and O–H groups in total. The molecule has 1 aliphatic carbocycles. The molecule has 8 heteroatoms. The van der Waals surface area contributed by atoms with E-state index in [1.165, 1.54) is 12.8 Å². The van der Waals surface area contributed by atoms with Gasteiger partial charge in [-0.05, 0) is 68.7 Å². The van der Waals surface area contributed by atoms with Crippen LogP contribution in [0.1, 0.15) is 45.4 Å². The number of carbonyl (C=O) groups is 3. The summed E-state index contributed by atoms with van der Waals surface area (Å²) in [6.45, 7) is 5.03. The Kier molecular flexibility index (Phi) is 6.42. The fourth-order valence-corrected chi connectivity index (χ4v) is 4.77. The number of piperazine rings is 1. The molecule has 1 atom stereocenters. The first-order valence-corrected chi connectivity index (χ1v) is 11.6. The van der Waals surface area contributed by atoms with Crippen molar-refractivity contribution in [2.75, 3.05) is 38.0 Å². The molecule has 31 heavy (non-hydrogen) atoms. The average Bonchev–Trinajstić information content (AvgIpc) is 3.52. The maximum absolute atomic E-state index is 12.8. The largest absolute Gasteiger partial charge is 0.343 e. The second-order valence-electron chi connectivity index (χ2n) is 9.12. The van der Waals surface area contributed by atoms with Gasteiger partial charge in [-0.15, -0.1) is 0 Å². The number of hydrogen-bond donors (Lipinski definition) is 1. The second kappa shape index (κ2) is 9.07. The minimum Gasteiger partial charge on any atom is -0.343 e. The van der Waals surface area contributed by atoms with E-state index in [1.54, 1.807) is 41.0 Å². The van der Waals surface area contributed by atoms with E-state index >= 15 is 0 Å². The van der Waals surface area contributed by atoms with E-state index in [0.29, 0.717) is 48.6 Å². The maximum atomic E-state index is 12.8. The van der Waals surface area contributed by atoms with Gasteiger partial charge < -0.3 is 20.0 Å². The van der Waals surface area contributed by atoms with Crippen LogP contribution in [0.4, 0.5) is 10.5 Å². The smallest absolute Gasteiger partial charge is 0.322 e. The predicted molar refractivity (Wildman–Crippen MR) is 120 cm³/mol. The molecule has 0 aromatic heterocycles. The van der Waals surface area contributed by atoms with Crippen LogP contribution in [0.15, 0.2) is 24.3 Å². The number of amides is 4. The SMILES string of the molecule is CC1C(=O)N(CCCC(=O)N2CCC3(CC2)CC3)CCN1C(=O)Nc1ccc(Cl)cc1. The standard InChI is InChI=1S/C23H31ClN4O3/c1-17-21(30)27(12-2-3-20(29)26-13-10-23(8-9-23)11-14-26)15-16-28(17)22(31)25-19-6-4-18(24)5-7-19/h4-7,17H,2-3,8-16H2,1H3,(H,25,31). The summed E-state index contributed by atoms with van der Waals surface area (Å²) in [5.74, 6) is 0.135. The van der Waals surface area contributed by atoms with Gasteiger partial charge in [0.1, 0.15) is 6.04 Å². The van der Waals surface area contributed by atoms with Gasteiger partial charge >= 0.3 is 6.03 Å². The fourth-order valence-electron chi connectivity index (χ4n) is 4.64. The first-order valence-electron chi connectivity index (χ1n) is 11.3. The average molecular weight is 447 g/mol. The zero-order valence-corrected chi connectivity index (χ0v) is 18.9. The number of likely N-dealkylation sites (tertiary alicyclic amines) is 1. The van der Waals surface area contributed by atoms with Crippen molar-refractivity contribution in [1.29, 1.82) is 0 Å². The highest BCUT2D eigenvalue weighted by molar-refractivity contribution is 6.30. The summed E-state index contributed by atoms with van der Waals surface area (Å²) in [5.41, 5.74) is 1.21. The molecule has 2 heterocycles. The van der Waals surface area contributed by atoms with Gasteiger partial charge in [0.05, 0.1) is 0 Å². The molecule has 7 nitrogen and oxygen atoms in total. The monoisotopic (exact) mass is 446 g/mol. The van der Waals surface area contributed by atoms with Gasteiger partial charge in [-0.1, -0.05) is 11.6 Å². The van der Waals surface area contributed by atoms with Gasteiger partial charge in [-0.3, -0.25) is 9.59 Å². The number of halogens is 1. The Balaban J connectivity index is 1.20. The van der Waals surface area contributed by atoms with E-state index in [4.69, 9.17) is 11.6 Å². The summed E-state index contributed by atoms with van der Waals surface area (Å²) in [6, 6.07) is 6.04. The molecule has 0 radical (unpaired) electrons. The number of carbonyl (C=O) groups excluding carboxylic acids is 3. The molecule has 1 spiro atoms. The van der Waals surface area contributed by atoms with E-state index in [1.807, 2.05) is 4.90 Å². The van der Waals surface area contributed by atoms with Crippen LogP contribution < -0.4 is 5.32 Å². The number of piperidine rings is 1. The molecule has 3 aliphatic rings. The highest BCUT2D eigenvalue weighted by Crippen LogP contribution is 2.53. The Bertz CT molecular complexity index is 830. The third-order valence-corrected chi connectivity index (χ3v) is 7.31. The number of rotatable bonds is 5. The maximum Gasteiger partial charge on any atom is 0.322 e. The Morgan fingerprint density at radius 2 is 1.74 bits per heavy atom. The third-order valence-electron chi connectivity index (χ3n) is 7.06. The van der Waals surface area contributed by atoms with Crippen molar-refractivity contribution in [3.05, 3.63) is 29.3 Å². The number of urea groups is 1. The van der Waals surface area contributed by atoms with Crippen LogP contribution >= 0.6 is 11.6 Å². The molecule has 4 amide bonds. The van der Waals surface area contributed by atoms with Crippen LogP contribution in [-0.2, 0) is 9.59 Å². The van der Waals surface area contributed by atoms with Crippen LogP contribution in [-0.4, -0.2) is 71.3 Å². The van der Waals surface area contributed by atoms with Crippen molar-refractivity contribution >= 4 is 35.1 Å². The van der Waals surface area contributed by atoms with Gasteiger partial charge in [0.15, 0.2) is 0 Å². The number of benzene rings is 1. The van der Waals surface area contributed by atoms with Crippen LogP contribution in [0.3, 0.4) is 0 Å². The summed E-state index contributed by atoms with van der Waals surface area (Å²) < 4.78 is 0. The van der Waals surface area contributed by atoms with Crippen LogP contribution in [0.25, 0.3) is 0 Å². The quantitative estimate of drug-likeness (QED) is 0.751. The van der Waals surface area contributed by atoms with Gasteiger partial charge in [-0.2, -0.15) is 0 Å². The molecule has 1 aromatic carbocycles. The fraction of sp³-hybridized carbons (Fsp3) is 0.609. The molecule has 1 unspecified atom stereocenters. The molecule has 1 aromatic rings. The number of anilines is 1. The molecule has 168 valence electrons. The first-order chi connectivity index (χ1) is 14.9. The van der Waals surface area contributed by atoms with Gasteiger partial charge in [0.2, 0.25) is 11.8 Å². The summed E-state index contributed by atoms with van der Waals surface area (Å²) in [7, 11) is 0. The van der Waals surface area contributed by atoms with Gasteiger partial charge in [0, 0.05) is 49.9 Å². The normalized spacial score (nSPS) is 22.6. The minimum absolute atomic E-state index is 0.0707. The number of hydrogen-bond acceptors (Lipinski definition) is 3. The van der Waals surface area contributed by atoms with E-state index in [0.717, 1.165) is 25.9 Å². The molecular formula is C23H31ClN4O3. The van der Waals surface area contributed by atoms with E-state index in [9.17, 15) is 14.4 Å². The topological polar surface area (TPSA) is 73.0 Å². The number of nitrogens with one attached hydrogen (secondary N) is 1. The molecule has 2 aliphatic heterocycles. The lowest BCUT2D eigenvalue weighted by molar-refractivity contribution is -0.140. The second-order valence-corrected chi connectivity index (χ2v) is 9.55. The van der Waals surface area contributed by atoms with Crippen molar-refractivity contribution in [1.82, 2.24) is 14.7 Å². The molecule has 2 saturated heterocycles. The Morgan fingerprint density at radius 1 is 1.06 bits per heavy atom. The van der Waals surface area contributed by atoms with Crippen molar-refractivity contribution in [2.24, 2.45) is 5.41 Å². The van der Waals surface area contributed by atoms with Crippen LogP contribution in [0, 0.1) is 5.41 Å². The van der Waals surface area contributed by atoms with Crippen molar-refractivity contribution in [2.45, 2.75) is 51.5 Å². The molecule has 4 rings (SSSR count). The van der Waals surface area contributed by atoms with Crippen molar-refractivity contribution in [3.63, 3.8) is 0 Å². The van der Waals surface area contributed by atoms with Crippen LogP contribution in [0.5, 0.6) is 0 Å². The molecule has 0 bridgehead atoms. The Labute approximate surface area is 188 Å². The number of nitrogens with zero attached hydrogens (tertiary/aromatic N) is 3. The molecule has 1 saturated carbocycles. The summed E-state index contributed by atoms with van der Waals surface area (Å²) in [5, 5.41) is 3.41. The Morgan fingerprint density at radius 3 is 2.39 bits per heavy atom. The molecule has 3 fully saturated rings. The van der Waals surface area contributed by atoms with Gasteiger partial charge in [0.25, 0.3) is 0 Å². The highest BCUT2D eigenvalue weighted by atomic mass is 35.5. The predicted octanol–water partition coefficient (Wildman–Crippen LogP) is 3.59. The zero-order valence-electron chi connectivity index (χ0n) is 18.1. The third kappa shape index (κ3) is 5.14. The van der Waals surface area contributed by atoms with E-state index in [-0.39, 0.29) is 17.8 Å². The summed E-state index contributed by atoms with van der Waals surface area (Å²) >= 11 is 5.88. The minimum atomic E-state index is -0.534. The summed E-state index contributed by atoms with van der Waals surface area (Å²) in [6.07, 6.45) is 6.10. The van der Waals surface area contributed by atoms with E-state index < -0.39 is 6.04 Å². The Hall–Kier alpha value is -2.28. The lowest BCUT2D eigenvalue weighted by atomic mass is 9.93. The van der Waals surface area contributed by atoms with Crippen molar-refractivity contribution < 1.29 is 14.4 Å².